The Morgan fingerprint density at radius 3 is 2.67 bits per heavy atom. The quantitative estimate of drug-likeness (QED) is 0.721. The first kappa shape index (κ1) is 17.4. The molecule has 0 aromatic rings. The number of hydrogen-bond acceptors (Lipinski definition) is 5. The molecule has 3 heterocycles. The van der Waals surface area contributed by atoms with E-state index < -0.39 is 12.1 Å². The molecule has 2 amide bonds. The maximum absolute atomic E-state index is 12.7. The standard InChI is InChI=1S/C17H28N4O3/c1-10(2)8-11(18)16(23)20-7-5-13-15(20)14(22)9-21(13)17(24)12-4-3-6-19-12/h10-13,15,19H,3-9,18H2,1-2H3. The van der Waals surface area contributed by atoms with Gasteiger partial charge in [0.2, 0.25) is 11.8 Å². The zero-order valence-corrected chi connectivity index (χ0v) is 14.5. The van der Waals surface area contributed by atoms with Crippen LogP contribution in [0.15, 0.2) is 0 Å². The van der Waals surface area contributed by atoms with E-state index in [2.05, 4.69) is 5.32 Å². The summed E-state index contributed by atoms with van der Waals surface area (Å²) in [6.07, 6.45) is 3.08. The van der Waals surface area contributed by atoms with Crippen LogP contribution >= 0.6 is 0 Å². The van der Waals surface area contributed by atoms with Gasteiger partial charge in [0.25, 0.3) is 0 Å². The molecule has 3 aliphatic rings. The molecule has 0 spiro atoms. The lowest BCUT2D eigenvalue weighted by Gasteiger charge is -2.27. The summed E-state index contributed by atoms with van der Waals surface area (Å²) in [5.41, 5.74) is 6.03. The molecular formula is C17H28N4O3. The lowest BCUT2D eigenvalue weighted by molar-refractivity contribution is -0.137. The Labute approximate surface area is 142 Å². The fraction of sp³-hybridized carbons (Fsp3) is 0.824. The lowest BCUT2D eigenvalue weighted by Crippen LogP contribution is -2.50. The largest absolute Gasteiger partial charge is 0.329 e. The highest BCUT2D eigenvalue weighted by Gasteiger charge is 2.52. The fourth-order valence-electron chi connectivity index (χ4n) is 4.28. The smallest absolute Gasteiger partial charge is 0.240 e. The first-order valence-corrected chi connectivity index (χ1v) is 9.02. The second-order valence-corrected chi connectivity index (χ2v) is 7.65. The van der Waals surface area contributed by atoms with Crippen molar-refractivity contribution in [1.82, 2.24) is 15.1 Å². The number of nitrogens with one attached hydrogen (secondary N) is 1. The second-order valence-electron chi connectivity index (χ2n) is 7.65. The van der Waals surface area contributed by atoms with E-state index in [4.69, 9.17) is 5.73 Å². The second kappa shape index (κ2) is 6.80. The van der Waals surface area contributed by atoms with E-state index in [0.717, 1.165) is 19.4 Å². The molecule has 3 fully saturated rings. The summed E-state index contributed by atoms with van der Waals surface area (Å²) in [5.74, 6) is 0.147. The summed E-state index contributed by atoms with van der Waals surface area (Å²) >= 11 is 0. The number of nitrogens with two attached hydrogens (primary N) is 1. The number of nitrogens with zero attached hydrogens (tertiary/aromatic N) is 2. The van der Waals surface area contributed by atoms with Gasteiger partial charge in [0, 0.05) is 6.54 Å². The molecule has 0 aromatic heterocycles. The van der Waals surface area contributed by atoms with Crippen LogP contribution in [0.5, 0.6) is 0 Å². The summed E-state index contributed by atoms with van der Waals surface area (Å²) in [6, 6.07) is -1.43. The van der Waals surface area contributed by atoms with Gasteiger partial charge in [-0.2, -0.15) is 0 Å². The molecule has 3 N–H and O–H groups in total. The van der Waals surface area contributed by atoms with E-state index in [1.54, 1.807) is 9.80 Å². The average Bonchev–Trinajstić information content (AvgIpc) is 3.23. The molecule has 7 nitrogen and oxygen atoms in total. The van der Waals surface area contributed by atoms with Crippen molar-refractivity contribution in [3.8, 4) is 0 Å². The SMILES string of the molecule is CC(C)CC(N)C(=O)N1CCC2C1C(=O)CN2C(=O)C1CCCN1. The predicted octanol–water partition coefficient (Wildman–Crippen LogP) is -0.507. The van der Waals surface area contributed by atoms with Gasteiger partial charge < -0.3 is 20.9 Å². The minimum Gasteiger partial charge on any atom is -0.329 e. The van der Waals surface area contributed by atoms with Crippen LogP contribution in [0.25, 0.3) is 0 Å². The van der Waals surface area contributed by atoms with E-state index in [9.17, 15) is 14.4 Å². The molecule has 3 aliphatic heterocycles. The summed E-state index contributed by atoms with van der Waals surface area (Å²) in [6.45, 7) is 5.52. The molecule has 4 atom stereocenters. The molecule has 3 saturated heterocycles. The van der Waals surface area contributed by atoms with Crippen LogP contribution in [0, 0.1) is 5.92 Å². The van der Waals surface area contributed by atoms with Crippen LogP contribution in [0.3, 0.4) is 0 Å². The lowest BCUT2D eigenvalue weighted by atomic mass is 10.0. The van der Waals surface area contributed by atoms with E-state index >= 15 is 0 Å². The van der Waals surface area contributed by atoms with Gasteiger partial charge in [0.15, 0.2) is 5.78 Å². The number of fused-ring (bicyclic) bond motifs is 1. The van der Waals surface area contributed by atoms with Gasteiger partial charge in [-0.15, -0.1) is 0 Å². The van der Waals surface area contributed by atoms with Crippen LogP contribution in [-0.2, 0) is 14.4 Å². The van der Waals surface area contributed by atoms with Crippen molar-refractivity contribution >= 4 is 17.6 Å². The molecule has 0 aromatic carbocycles. The van der Waals surface area contributed by atoms with Gasteiger partial charge in [-0.25, -0.2) is 0 Å². The number of carbonyl (C=O) groups excluding carboxylic acids is 3. The summed E-state index contributed by atoms with van der Waals surface area (Å²) in [4.78, 5) is 41.1. The maximum Gasteiger partial charge on any atom is 0.240 e. The number of amides is 2. The normalized spacial score (nSPS) is 31.0. The van der Waals surface area contributed by atoms with Crippen molar-refractivity contribution in [2.45, 2.75) is 63.7 Å². The summed E-state index contributed by atoms with van der Waals surface area (Å²) in [7, 11) is 0. The minimum absolute atomic E-state index is 0.00845. The topological polar surface area (TPSA) is 95.7 Å². The highest BCUT2D eigenvalue weighted by molar-refractivity contribution is 5.99. The van der Waals surface area contributed by atoms with Gasteiger partial charge >= 0.3 is 0 Å². The molecule has 134 valence electrons. The van der Waals surface area contributed by atoms with E-state index in [1.807, 2.05) is 13.8 Å². The first-order valence-electron chi connectivity index (χ1n) is 9.02. The van der Waals surface area contributed by atoms with Crippen molar-refractivity contribution in [3.63, 3.8) is 0 Å². The Morgan fingerprint density at radius 2 is 2.04 bits per heavy atom. The zero-order chi connectivity index (χ0) is 17.4. The Bertz CT molecular complexity index is 530. The molecule has 0 saturated carbocycles. The predicted molar refractivity (Wildman–Crippen MR) is 89.1 cm³/mol. The Hall–Kier alpha value is -1.47. The molecule has 3 rings (SSSR count). The molecule has 0 radical (unpaired) electrons. The van der Waals surface area contributed by atoms with Crippen molar-refractivity contribution in [3.05, 3.63) is 0 Å². The average molecular weight is 336 g/mol. The van der Waals surface area contributed by atoms with Crippen LogP contribution in [0.4, 0.5) is 0 Å². The molecular weight excluding hydrogens is 308 g/mol. The number of hydrogen-bond donors (Lipinski definition) is 2. The van der Waals surface area contributed by atoms with E-state index in [-0.39, 0.29) is 36.2 Å². The summed E-state index contributed by atoms with van der Waals surface area (Å²) in [5, 5.41) is 3.20. The zero-order valence-electron chi connectivity index (χ0n) is 14.5. The number of carbonyl (C=O) groups is 3. The van der Waals surface area contributed by atoms with Crippen LogP contribution in [0.2, 0.25) is 0 Å². The molecule has 7 heteroatoms. The van der Waals surface area contributed by atoms with Gasteiger partial charge in [0.05, 0.1) is 24.7 Å². The Kier molecular flexibility index (Phi) is 4.92. The maximum atomic E-state index is 12.7. The van der Waals surface area contributed by atoms with Gasteiger partial charge in [0.1, 0.15) is 6.04 Å². The number of likely N-dealkylation sites (tertiary alicyclic amines) is 2. The van der Waals surface area contributed by atoms with E-state index in [1.165, 1.54) is 0 Å². The highest BCUT2D eigenvalue weighted by atomic mass is 16.2. The Morgan fingerprint density at radius 1 is 1.29 bits per heavy atom. The Balaban J connectivity index is 1.70. The van der Waals surface area contributed by atoms with E-state index in [0.29, 0.717) is 25.3 Å². The van der Waals surface area contributed by atoms with Crippen molar-refractivity contribution in [2.75, 3.05) is 19.6 Å². The third-order valence-corrected chi connectivity index (χ3v) is 5.39. The number of Topliss-reactive ketones (excluding diaryl/α,β-unsaturated/α-hetero) is 1. The van der Waals surface area contributed by atoms with Crippen molar-refractivity contribution in [2.24, 2.45) is 11.7 Å². The molecule has 24 heavy (non-hydrogen) atoms. The van der Waals surface area contributed by atoms with Gasteiger partial charge in [-0.3, -0.25) is 14.4 Å². The van der Waals surface area contributed by atoms with Gasteiger partial charge in [-0.1, -0.05) is 13.8 Å². The molecule has 0 aliphatic carbocycles. The van der Waals surface area contributed by atoms with Crippen molar-refractivity contribution in [1.29, 1.82) is 0 Å². The number of ketones is 1. The minimum atomic E-state index is -0.571. The van der Waals surface area contributed by atoms with Crippen LogP contribution in [-0.4, -0.2) is 71.2 Å². The fourth-order valence-corrected chi connectivity index (χ4v) is 4.28. The monoisotopic (exact) mass is 336 g/mol. The third kappa shape index (κ3) is 3.07. The molecule has 4 unspecified atom stereocenters. The first-order chi connectivity index (χ1) is 11.4. The third-order valence-electron chi connectivity index (χ3n) is 5.39. The molecule has 0 bridgehead atoms. The van der Waals surface area contributed by atoms with Crippen molar-refractivity contribution < 1.29 is 14.4 Å². The number of rotatable bonds is 4. The van der Waals surface area contributed by atoms with Gasteiger partial charge in [-0.05, 0) is 38.1 Å². The van der Waals surface area contributed by atoms with Crippen LogP contribution < -0.4 is 11.1 Å². The van der Waals surface area contributed by atoms with Crippen LogP contribution in [0.1, 0.15) is 39.5 Å². The highest BCUT2D eigenvalue weighted by Crippen LogP contribution is 2.31. The summed E-state index contributed by atoms with van der Waals surface area (Å²) < 4.78 is 0.